The number of rotatable bonds is 3. The second kappa shape index (κ2) is 5.63. The summed E-state index contributed by atoms with van der Waals surface area (Å²) in [6, 6.07) is 0. The highest BCUT2D eigenvalue weighted by Crippen LogP contribution is 2.23. The highest BCUT2D eigenvalue weighted by molar-refractivity contribution is 7.71. The molecule has 1 aromatic heterocycles. The van der Waals surface area contributed by atoms with E-state index in [9.17, 15) is 0 Å². The van der Waals surface area contributed by atoms with Crippen molar-refractivity contribution in [1.82, 2.24) is 14.8 Å². The smallest absolute Gasteiger partial charge is 0.225 e. The molecule has 3 heterocycles. The third kappa shape index (κ3) is 2.84. The fraction of sp³-hybridized carbons (Fsp3) is 0.846. The Morgan fingerprint density at radius 2 is 2.16 bits per heavy atom. The Kier molecular flexibility index (Phi) is 3.88. The van der Waals surface area contributed by atoms with Crippen molar-refractivity contribution >= 4 is 18.2 Å². The van der Waals surface area contributed by atoms with Gasteiger partial charge in [-0.1, -0.05) is 6.92 Å². The van der Waals surface area contributed by atoms with E-state index in [0.29, 0.717) is 10.9 Å². The van der Waals surface area contributed by atoms with Crippen LogP contribution in [0.4, 0.5) is 5.95 Å². The van der Waals surface area contributed by atoms with Gasteiger partial charge in [0, 0.05) is 19.7 Å². The maximum Gasteiger partial charge on any atom is 0.225 e. The Morgan fingerprint density at radius 3 is 2.84 bits per heavy atom. The minimum atomic E-state index is 0.298. The molecule has 2 aliphatic heterocycles. The van der Waals surface area contributed by atoms with E-state index >= 15 is 0 Å². The standard InChI is InChI=1S/C13H22N4OS/c1-10-4-6-16(7-5-10)12-14-15-13(19)17(12)9-11-3-2-8-18-11/h10-11H,2-9H2,1H3,(H,15,19)/t11-/m0/s1. The van der Waals surface area contributed by atoms with Crippen molar-refractivity contribution in [2.75, 3.05) is 24.6 Å². The molecular formula is C13H22N4OS. The third-order valence-corrected chi connectivity index (χ3v) is 4.53. The zero-order valence-electron chi connectivity index (χ0n) is 11.5. The van der Waals surface area contributed by atoms with E-state index in [1.807, 2.05) is 0 Å². The summed E-state index contributed by atoms with van der Waals surface area (Å²) in [5.41, 5.74) is 0. The van der Waals surface area contributed by atoms with E-state index in [1.54, 1.807) is 0 Å². The number of piperidine rings is 1. The third-order valence-electron chi connectivity index (χ3n) is 4.21. The minimum absolute atomic E-state index is 0.298. The Bertz CT molecular complexity index is 469. The minimum Gasteiger partial charge on any atom is -0.376 e. The molecule has 3 rings (SSSR count). The number of nitrogens with one attached hydrogen (secondary N) is 1. The lowest BCUT2D eigenvalue weighted by Crippen LogP contribution is -2.35. The van der Waals surface area contributed by atoms with Gasteiger partial charge in [-0.3, -0.25) is 4.57 Å². The zero-order valence-corrected chi connectivity index (χ0v) is 12.3. The van der Waals surface area contributed by atoms with Crippen LogP contribution in [0.15, 0.2) is 0 Å². The molecule has 0 aromatic carbocycles. The molecule has 5 nitrogen and oxygen atoms in total. The average Bonchev–Trinajstić information content (AvgIpc) is 3.03. The topological polar surface area (TPSA) is 46.1 Å². The van der Waals surface area contributed by atoms with E-state index in [4.69, 9.17) is 17.0 Å². The first-order valence-corrected chi connectivity index (χ1v) is 7.66. The molecule has 2 aliphatic rings. The van der Waals surface area contributed by atoms with Gasteiger partial charge in [0.1, 0.15) is 0 Å². The van der Waals surface area contributed by atoms with Crippen molar-refractivity contribution in [3.05, 3.63) is 4.77 Å². The normalized spacial score (nSPS) is 25.1. The maximum atomic E-state index is 5.71. The van der Waals surface area contributed by atoms with Crippen LogP contribution in [0.1, 0.15) is 32.6 Å². The zero-order chi connectivity index (χ0) is 13.2. The van der Waals surface area contributed by atoms with Crippen LogP contribution < -0.4 is 4.90 Å². The second-order valence-corrected chi connectivity index (χ2v) is 6.13. The molecule has 0 amide bonds. The summed E-state index contributed by atoms with van der Waals surface area (Å²) in [6.07, 6.45) is 5.06. The first-order valence-electron chi connectivity index (χ1n) is 7.26. The summed E-state index contributed by atoms with van der Waals surface area (Å²) in [4.78, 5) is 2.35. The lowest BCUT2D eigenvalue weighted by molar-refractivity contribution is 0.0968. The monoisotopic (exact) mass is 282 g/mol. The van der Waals surface area contributed by atoms with Crippen LogP contribution in [0.2, 0.25) is 0 Å². The lowest BCUT2D eigenvalue weighted by atomic mass is 10.00. The summed E-state index contributed by atoms with van der Waals surface area (Å²) in [7, 11) is 0. The van der Waals surface area contributed by atoms with E-state index in [2.05, 4.69) is 26.6 Å². The van der Waals surface area contributed by atoms with Crippen molar-refractivity contribution in [1.29, 1.82) is 0 Å². The van der Waals surface area contributed by atoms with Crippen molar-refractivity contribution in [3.8, 4) is 0 Å². The van der Waals surface area contributed by atoms with Crippen molar-refractivity contribution in [3.63, 3.8) is 0 Å². The number of hydrogen-bond donors (Lipinski definition) is 1. The number of nitrogens with zero attached hydrogens (tertiary/aromatic N) is 3. The van der Waals surface area contributed by atoms with Crippen LogP contribution in [-0.2, 0) is 11.3 Å². The lowest BCUT2D eigenvalue weighted by Gasteiger charge is -2.31. The molecule has 6 heteroatoms. The Labute approximate surface area is 118 Å². The van der Waals surface area contributed by atoms with Gasteiger partial charge in [-0.05, 0) is 43.8 Å². The van der Waals surface area contributed by atoms with Crippen LogP contribution in [0.3, 0.4) is 0 Å². The molecule has 2 fully saturated rings. The van der Waals surface area contributed by atoms with Crippen LogP contribution >= 0.6 is 12.2 Å². The largest absolute Gasteiger partial charge is 0.376 e. The summed E-state index contributed by atoms with van der Waals surface area (Å²) < 4.78 is 8.54. The van der Waals surface area contributed by atoms with Crippen molar-refractivity contribution < 1.29 is 4.74 Å². The van der Waals surface area contributed by atoms with E-state index < -0.39 is 0 Å². The molecule has 0 aliphatic carbocycles. The summed E-state index contributed by atoms with van der Waals surface area (Å²) >= 11 is 5.36. The van der Waals surface area contributed by atoms with Gasteiger partial charge in [-0.2, -0.15) is 0 Å². The van der Waals surface area contributed by atoms with Gasteiger partial charge in [-0.25, -0.2) is 5.10 Å². The highest BCUT2D eigenvalue weighted by Gasteiger charge is 2.23. The number of hydrogen-bond acceptors (Lipinski definition) is 4. The fourth-order valence-corrected chi connectivity index (χ4v) is 3.12. The van der Waals surface area contributed by atoms with Crippen molar-refractivity contribution in [2.24, 2.45) is 5.92 Å². The fourth-order valence-electron chi connectivity index (χ4n) is 2.92. The number of ether oxygens (including phenoxy) is 1. The molecule has 0 spiro atoms. The molecule has 1 N–H and O–H groups in total. The molecule has 0 bridgehead atoms. The highest BCUT2D eigenvalue weighted by atomic mass is 32.1. The molecule has 19 heavy (non-hydrogen) atoms. The van der Waals surface area contributed by atoms with Crippen LogP contribution in [-0.4, -0.2) is 40.6 Å². The predicted octanol–water partition coefficient (Wildman–Crippen LogP) is 2.36. The van der Waals surface area contributed by atoms with Gasteiger partial charge in [0.15, 0.2) is 4.77 Å². The first-order chi connectivity index (χ1) is 9.24. The van der Waals surface area contributed by atoms with Gasteiger partial charge in [0.2, 0.25) is 5.95 Å². The Hall–Kier alpha value is -0.880. The van der Waals surface area contributed by atoms with Crippen LogP contribution in [0, 0.1) is 10.7 Å². The molecule has 0 saturated carbocycles. The summed E-state index contributed by atoms with van der Waals surface area (Å²) in [5, 5.41) is 7.36. The molecule has 1 aromatic rings. The molecule has 1 atom stereocenters. The van der Waals surface area contributed by atoms with Crippen LogP contribution in [0.25, 0.3) is 0 Å². The number of anilines is 1. The summed E-state index contributed by atoms with van der Waals surface area (Å²) in [5.74, 6) is 1.82. The van der Waals surface area contributed by atoms with Gasteiger partial charge >= 0.3 is 0 Å². The Balaban J connectivity index is 1.75. The van der Waals surface area contributed by atoms with Gasteiger partial charge in [-0.15, -0.1) is 5.10 Å². The van der Waals surface area contributed by atoms with Gasteiger partial charge < -0.3 is 9.64 Å². The maximum absolute atomic E-state index is 5.71. The second-order valence-electron chi connectivity index (χ2n) is 5.74. The molecule has 0 unspecified atom stereocenters. The van der Waals surface area contributed by atoms with E-state index in [1.165, 1.54) is 12.8 Å². The molecule has 106 valence electrons. The summed E-state index contributed by atoms with van der Waals surface area (Å²) in [6.45, 7) is 6.18. The quantitative estimate of drug-likeness (QED) is 0.865. The first kappa shape index (κ1) is 13.1. The number of aromatic amines is 1. The van der Waals surface area contributed by atoms with Crippen LogP contribution in [0.5, 0.6) is 0 Å². The van der Waals surface area contributed by atoms with Crippen molar-refractivity contribution in [2.45, 2.75) is 45.3 Å². The number of H-pyrrole nitrogens is 1. The van der Waals surface area contributed by atoms with Gasteiger partial charge in [0.25, 0.3) is 0 Å². The Morgan fingerprint density at radius 1 is 1.37 bits per heavy atom. The van der Waals surface area contributed by atoms with E-state index in [-0.39, 0.29) is 0 Å². The van der Waals surface area contributed by atoms with E-state index in [0.717, 1.165) is 50.9 Å². The SMILES string of the molecule is CC1CCN(c2n[nH]c(=S)n2C[C@@H]2CCCO2)CC1. The predicted molar refractivity (Wildman–Crippen MR) is 77.0 cm³/mol. The molecule has 0 radical (unpaired) electrons. The molecule has 2 saturated heterocycles. The van der Waals surface area contributed by atoms with Gasteiger partial charge in [0.05, 0.1) is 12.6 Å². The number of aromatic nitrogens is 3. The molecular weight excluding hydrogens is 260 g/mol. The average molecular weight is 282 g/mol.